The highest BCUT2D eigenvalue weighted by Crippen LogP contribution is 2.00. The maximum Gasteiger partial charge on any atom is 0.0636 e. The lowest BCUT2D eigenvalue weighted by molar-refractivity contribution is 0.191. The van der Waals surface area contributed by atoms with Crippen molar-refractivity contribution in [3.8, 4) is 0 Å². The van der Waals surface area contributed by atoms with E-state index in [2.05, 4.69) is 15.5 Å². The van der Waals surface area contributed by atoms with Crippen molar-refractivity contribution < 1.29 is 5.11 Å². The summed E-state index contributed by atoms with van der Waals surface area (Å²) in [7, 11) is 0. The monoisotopic (exact) mass is 169 g/mol. The second-order valence-electron chi connectivity index (χ2n) is 3.00. The highest BCUT2D eigenvalue weighted by Gasteiger charge is 1.99. The van der Waals surface area contributed by atoms with Crippen LogP contribution < -0.4 is 5.32 Å². The van der Waals surface area contributed by atoms with Gasteiger partial charge >= 0.3 is 0 Å². The number of aliphatic hydroxyl groups excluding tert-OH is 1. The molecular formula is C8H15N3O. The fraction of sp³-hybridized carbons (Fsp3) is 0.625. The second kappa shape index (κ2) is 4.23. The van der Waals surface area contributed by atoms with Crippen LogP contribution in [0.3, 0.4) is 0 Å². The molecule has 0 unspecified atom stereocenters. The Hall–Kier alpha value is -0.870. The van der Waals surface area contributed by atoms with Crippen LogP contribution in [-0.4, -0.2) is 28.0 Å². The zero-order valence-electron chi connectivity index (χ0n) is 7.46. The van der Waals surface area contributed by atoms with Crippen LogP contribution in [0, 0.1) is 6.92 Å². The maximum absolute atomic E-state index is 8.96. The van der Waals surface area contributed by atoms with Crippen LogP contribution in [0.5, 0.6) is 0 Å². The topological polar surface area (TPSA) is 60.9 Å². The molecule has 0 amide bonds. The van der Waals surface area contributed by atoms with Crippen LogP contribution in [0.1, 0.15) is 18.2 Å². The Bertz CT molecular complexity index is 232. The molecule has 1 aromatic rings. The van der Waals surface area contributed by atoms with Gasteiger partial charge in [0, 0.05) is 24.3 Å². The molecule has 1 aromatic heterocycles. The summed E-state index contributed by atoms with van der Waals surface area (Å²) in [6.45, 7) is 5.11. The van der Waals surface area contributed by atoms with Crippen molar-refractivity contribution in [1.82, 2.24) is 15.5 Å². The van der Waals surface area contributed by atoms with E-state index in [4.69, 9.17) is 5.11 Å². The number of aryl methyl sites for hydroxylation is 1. The Balaban J connectivity index is 2.29. The lowest BCUT2D eigenvalue weighted by Gasteiger charge is -2.05. The Morgan fingerprint density at radius 2 is 2.50 bits per heavy atom. The fourth-order valence-corrected chi connectivity index (χ4v) is 0.970. The van der Waals surface area contributed by atoms with E-state index in [-0.39, 0.29) is 6.10 Å². The average Bonchev–Trinajstić information content (AvgIpc) is 2.36. The van der Waals surface area contributed by atoms with Gasteiger partial charge in [0.25, 0.3) is 0 Å². The van der Waals surface area contributed by atoms with E-state index in [1.807, 2.05) is 6.92 Å². The normalized spacial score (nSPS) is 13.2. The van der Waals surface area contributed by atoms with Gasteiger partial charge in [-0.3, -0.25) is 5.10 Å². The van der Waals surface area contributed by atoms with Gasteiger partial charge in [0.1, 0.15) is 0 Å². The zero-order valence-corrected chi connectivity index (χ0v) is 7.46. The van der Waals surface area contributed by atoms with Gasteiger partial charge in [-0.15, -0.1) is 0 Å². The minimum absolute atomic E-state index is 0.294. The molecule has 0 aliphatic rings. The Kier molecular flexibility index (Phi) is 3.25. The van der Waals surface area contributed by atoms with Gasteiger partial charge in [-0.25, -0.2) is 0 Å². The third kappa shape index (κ3) is 2.64. The number of aromatic amines is 1. The Morgan fingerprint density at radius 1 is 1.75 bits per heavy atom. The summed E-state index contributed by atoms with van der Waals surface area (Å²) in [4.78, 5) is 0. The Morgan fingerprint density at radius 3 is 3.00 bits per heavy atom. The number of hydrogen-bond donors (Lipinski definition) is 3. The summed E-state index contributed by atoms with van der Waals surface area (Å²) in [5.74, 6) is 0. The van der Waals surface area contributed by atoms with Crippen molar-refractivity contribution in [3.05, 3.63) is 17.5 Å². The number of aliphatic hydroxyl groups is 1. The minimum atomic E-state index is -0.294. The van der Waals surface area contributed by atoms with E-state index in [1.54, 1.807) is 13.1 Å². The molecule has 68 valence electrons. The van der Waals surface area contributed by atoms with Gasteiger partial charge in [0.2, 0.25) is 0 Å². The molecule has 3 N–H and O–H groups in total. The number of nitrogens with one attached hydrogen (secondary N) is 2. The molecule has 0 bridgehead atoms. The molecular weight excluding hydrogens is 154 g/mol. The van der Waals surface area contributed by atoms with Gasteiger partial charge < -0.3 is 10.4 Å². The van der Waals surface area contributed by atoms with Gasteiger partial charge in [-0.1, -0.05) is 0 Å². The summed E-state index contributed by atoms with van der Waals surface area (Å²) in [5, 5.41) is 18.8. The number of rotatable bonds is 4. The van der Waals surface area contributed by atoms with Gasteiger partial charge in [-0.05, 0) is 13.8 Å². The van der Waals surface area contributed by atoms with Gasteiger partial charge in [0.05, 0.1) is 12.3 Å². The molecule has 0 aliphatic heterocycles. The number of H-pyrrole nitrogens is 1. The summed E-state index contributed by atoms with van der Waals surface area (Å²) < 4.78 is 0. The zero-order chi connectivity index (χ0) is 8.97. The van der Waals surface area contributed by atoms with Crippen molar-refractivity contribution in [1.29, 1.82) is 0 Å². The first-order valence-electron chi connectivity index (χ1n) is 4.07. The van der Waals surface area contributed by atoms with E-state index in [0.717, 1.165) is 17.8 Å². The van der Waals surface area contributed by atoms with Crippen LogP contribution in [0.2, 0.25) is 0 Å². The van der Waals surface area contributed by atoms with Crippen molar-refractivity contribution in [2.75, 3.05) is 6.54 Å². The van der Waals surface area contributed by atoms with E-state index < -0.39 is 0 Å². The van der Waals surface area contributed by atoms with Gasteiger partial charge in [-0.2, -0.15) is 5.10 Å². The summed E-state index contributed by atoms with van der Waals surface area (Å²) >= 11 is 0. The average molecular weight is 169 g/mol. The molecule has 0 saturated heterocycles. The standard InChI is InChI=1S/C8H15N3O/c1-6(12)3-9-4-8-5-10-11-7(8)2/h5-6,9,12H,3-4H2,1-2H3,(H,10,11)/t6-/m1/s1. The summed E-state index contributed by atoms with van der Waals surface area (Å²) in [6, 6.07) is 0. The largest absolute Gasteiger partial charge is 0.392 e. The predicted octanol–water partition coefficient (Wildman–Crippen LogP) is 0.189. The van der Waals surface area contributed by atoms with E-state index >= 15 is 0 Å². The molecule has 4 nitrogen and oxygen atoms in total. The van der Waals surface area contributed by atoms with Gasteiger partial charge in [0.15, 0.2) is 0 Å². The van der Waals surface area contributed by atoms with Crippen molar-refractivity contribution >= 4 is 0 Å². The molecule has 1 atom stereocenters. The third-order valence-corrected chi connectivity index (χ3v) is 1.69. The van der Waals surface area contributed by atoms with Crippen LogP contribution in [-0.2, 0) is 6.54 Å². The fourth-order valence-electron chi connectivity index (χ4n) is 0.970. The molecule has 0 saturated carbocycles. The first-order chi connectivity index (χ1) is 5.70. The highest BCUT2D eigenvalue weighted by atomic mass is 16.3. The van der Waals surface area contributed by atoms with Crippen LogP contribution in [0.15, 0.2) is 6.20 Å². The Labute approximate surface area is 72.0 Å². The molecule has 1 rings (SSSR count). The number of nitrogens with zero attached hydrogens (tertiary/aromatic N) is 1. The van der Waals surface area contributed by atoms with E-state index in [0.29, 0.717) is 6.54 Å². The van der Waals surface area contributed by atoms with Crippen LogP contribution in [0.25, 0.3) is 0 Å². The van der Waals surface area contributed by atoms with Crippen molar-refractivity contribution in [2.24, 2.45) is 0 Å². The number of aromatic nitrogens is 2. The SMILES string of the molecule is Cc1[nH]ncc1CNC[C@@H](C)O. The number of hydrogen-bond acceptors (Lipinski definition) is 3. The third-order valence-electron chi connectivity index (χ3n) is 1.69. The first-order valence-corrected chi connectivity index (χ1v) is 4.07. The molecule has 1 heterocycles. The van der Waals surface area contributed by atoms with E-state index in [1.165, 1.54) is 0 Å². The maximum atomic E-state index is 8.96. The van der Waals surface area contributed by atoms with Crippen molar-refractivity contribution in [2.45, 2.75) is 26.5 Å². The minimum Gasteiger partial charge on any atom is -0.392 e. The highest BCUT2D eigenvalue weighted by molar-refractivity contribution is 5.13. The first kappa shape index (κ1) is 9.22. The van der Waals surface area contributed by atoms with E-state index in [9.17, 15) is 0 Å². The molecule has 0 aliphatic carbocycles. The molecule has 12 heavy (non-hydrogen) atoms. The molecule has 0 aromatic carbocycles. The molecule has 0 radical (unpaired) electrons. The van der Waals surface area contributed by atoms with Crippen LogP contribution >= 0.6 is 0 Å². The summed E-state index contributed by atoms with van der Waals surface area (Å²) in [6.07, 6.45) is 1.50. The smallest absolute Gasteiger partial charge is 0.0636 e. The van der Waals surface area contributed by atoms with Crippen molar-refractivity contribution in [3.63, 3.8) is 0 Å². The lowest BCUT2D eigenvalue weighted by Crippen LogP contribution is -2.23. The second-order valence-corrected chi connectivity index (χ2v) is 3.00. The summed E-state index contributed by atoms with van der Waals surface area (Å²) in [5.41, 5.74) is 2.23. The quantitative estimate of drug-likeness (QED) is 0.603. The lowest BCUT2D eigenvalue weighted by atomic mass is 10.2. The molecule has 0 spiro atoms. The molecule has 0 fully saturated rings. The van der Waals surface area contributed by atoms with Crippen LogP contribution in [0.4, 0.5) is 0 Å². The molecule has 4 heteroatoms. The predicted molar refractivity (Wildman–Crippen MR) is 46.7 cm³/mol.